The number of para-hydroxylation sites is 1. The summed E-state index contributed by atoms with van der Waals surface area (Å²) < 4.78 is 1.64. The molecule has 0 radical (unpaired) electrons. The number of nitrogens with zero attached hydrogens (tertiary/aromatic N) is 4. The summed E-state index contributed by atoms with van der Waals surface area (Å²) in [4.78, 5) is 29.8. The fourth-order valence-electron chi connectivity index (χ4n) is 4.03. The van der Waals surface area contributed by atoms with Crippen molar-refractivity contribution in [3.8, 4) is 5.69 Å². The number of halogens is 1. The first-order valence-corrected chi connectivity index (χ1v) is 11.7. The Hall–Kier alpha value is -3.16. The second kappa shape index (κ2) is 9.37. The van der Waals surface area contributed by atoms with Crippen molar-refractivity contribution in [1.29, 1.82) is 0 Å². The molecule has 0 bridgehead atoms. The molecule has 2 fully saturated rings. The molecule has 1 aliphatic carbocycles. The van der Waals surface area contributed by atoms with Gasteiger partial charge in [0.25, 0.3) is 5.91 Å². The number of carbonyl (C=O) groups is 2. The van der Waals surface area contributed by atoms with Gasteiger partial charge in [0.1, 0.15) is 5.82 Å². The van der Waals surface area contributed by atoms with Crippen molar-refractivity contribution in [3.63, 3.8) is 0 Å². The van der Waals surface area contributed by atoms with E-state index in [4.69, 9.17) is 11.6 Å². The molecule has 2 aromatic carbocycles. The first kappa shape index (κ1) is 21.7. The number of benzene rings is 2. The average molecular weight is 464 g/mol. The van der Waals surface area contributed by atoms with Crippen LogP contribution < -0.4 is 5.32 Å². The zero-order chi connectivity index (χ0) is 22.8. The summed E-state index contributed by atoms with van der Waals surface area (Å²) in [5.74, 6) is 0.472. The molecule has 2 amide bonds. The highest BCUT2D eigenvalue weighted by molar-refractivity contribution is 6.30. The molecule has 0 atom stereocenters. The molecule has 8 heteroatoms. The van der Waals surface area contributed by atoms with Gasteiger partial charge in [-0.05, 0) is 42.7 Å². The highest BCUT2D eigenvalue weighted by Gasteiger charge is 2.31. The Kier molecular flexibility index (Phi) is 6.15. The number of nitrogens with one attached hydrogen (secondary N) is 1. The van der Waals surface area contributed by atoms with Gasteiger partial charge in [-0.1, -0.05) is 41.9 Å². The minimum atomic E-state index is -0.113. The molecule has 7 nitrogen and oxygen atoms in total. The zero-order valence-corrected chi connectivity index (χ0v) is 19.0. The Labute approximate surface area is 197 Å². The SMILES string of the molecule is O=C(Nc1cc(C(=O)N2CCN(Cc3ccc(Cl)cc3)CC2)nn1-c1ccccc1)C1CC1. The van der Waals surface area contributed by atoms with Crippen LogP contribution in [-0.4, -0.2) is 57.6 Å². The highest BCUT2D eigenvalue weighted by Crippen LogP contribution is 2.30. The molecule has 2 aliphatic rings. The minimum Gasteiger partial charge on any atom is -0.335 e. The predicted octanol–water partition coefficient (Wildman–Crippen LogP) is 3.83. The second-order valence-electron chi connectivity index (χ2n) is 8.62. The van der Waals surface area contributed by atoms with Crippen LogP contribution in [0.15, 0.2) is 60.7 Å². The van der Waals surface area contributed by atoms with Crippen molar-refractivity contribution in [2.75, 3.05) is 31.5 Å². The molecule has 3 aromatic rings. The summed E-state index contributed by atoms with van der Waals surface area (Å²) in [6.07, 6.45) is 1.83. The van der Waals surface area contributed by atoms with Gasteiger partial charge in [-0.25, -0.2) is 4.68 Å². The van der Waals surface area contributed by atoms with E-state index in [1.54, 1.807) is 10.7 Å². The van der Waals surface area contributed by atoms with Gasteiger partial charge in [-0.3, -0.25) is 14.5 Å². The summed E-state index contributed by atoms with van der Waals surface area (Å²) in [6, 6.07) is 19.1. The van der Waals surface area contributed by atoms with Gasteiger partial charge in [-0.15, -0.1) is 0 Å². The largest absolute Gasteiger partial charge is 0.335 e. The van der Waals surface area contributed by atoms with E-state index in [0.29, 0.717) is 24.6 Å². The molecule has 1 aromatic heterocycles. The molecule has 1 saturated carbocycles. The third-order valence-electron chi connectivity index (χ3n) is 6.11. The number of anilines is 1. The second-order valence-corrected chi connectivity index (χ2v) is 9.06. The number of piperazine rings is 1. The van der Waals surface area contributed by atoms with Crippen molar-refractivity contribution >= 4 is 29.2 Å². The monoisotopic (exact) mass is 463 g/mol. The quantitative estimate of drug-likeness (QED) is 0.603. The lowest BCUT2D eigenvalue weighted by molar-refractivity contribution is -0.117. The number of carbonyl (C=O) groups excluding carboxylic acids is 2. The fourth-order valence-corrected chi connectivity index (χ4v) is 4.16. The average Bonchev–Trinajstić information content (AvgIpc) is 3.62. The Bertz CT molecular complexity index is 1130. The van der Waals surface area contributed by atoms with E-state index in [0.717, 1.165) is 43.2 Å². The van der Waals surface area contributed by atoms with E-state index < -0.39 is 0 Å². The minimum absolute atomic E-state index is 0.0121. The molecule has 1 saturated heterocycles. The summed E-state index contributed by atoms with van der Waals surface area (Å²) in [6.45, 7) is 3.68. The molecule has 0 unspecified atom stereocenters. The molecule has 5 rings (SSSR count). The van der Waals surface area contributed by atoms with Crippen molar-refractivity contribution in [1.82, 2.24) is 19.6 Å². The zero-order valence-electron chi connectivity index (χ0n) is 18.3. The number of rotatable bonds is 6. The lowest BCUT2D eigenvalue weighted by Gasteiger charge is -2.34. The maximum atomic E-state index is 13.2. The third kappa shape index (κ3) is 5.10. The topological polar surface area (TPSA) is 70.5 Å². The fraction of sp³-hybridized carbons (Fsp3) is 0.320. The van der Waals surface area contributed by atoms with Crippen LogP contribution in [0.4, 0.5) is 5.82 Å². The molecular formula is C25H26ClN5O2. The Balaban J connectivity index is 1.27. The highest BCUT2D eigenvalue weighted by atomic mass is 35.5. The van der Waals surface area contributed by atoms with E-state index in [1.165, 1.54) is 5.56 Å². The maximum absolute atomic E-state index is 13.2. The van der Waals surface area contributed by atoms with E-state index in [2.05, 4.69) is 15.3 Å². The van der Waals surface area contributed by atoms with E-state index in [9.17, 15) is 9.59 Å². The van der Waals surface area contributed by atoms with Gasteiger partial charge in [0.2, 0.25) is 5.91 Å². The summed E-state index contributed by atoms with van der Waals surface area (Å²) in [7, 11) is 0. The van der Waals surface area contributed by atoms with Gasteiger partial charge >= 0.3 is 0 Å². The molecule has 1 aliphatic heterocycles. The van der Waals surface area contributed by atoms with Gasteiger partial charge in [0.05, 0.1) is 5.69 Å². The van der Waals surface area contributed by atoms with Crippen LogP contribution in [0, 0.1) is 5.92 Å². The predicted molar refractivity (Wildman–Crippen MR) is 128 cm³/mol. The van der Waals surface area contributed by atoms with Crippen LogP contribution >= 0.6 is 11.6 Å². The molecule has 0 spiro atoms. The van der Waals surface area contributed by atoms with Gasteiger partial charge in [-0.2, -0.15) is 5.10 Å². The molecule has 2 heterocycles. The summed E-state index contributed by atoms with van der Waals surface area (Å²) in [5, 5.41) is 8.26. The number of aromatic nitrogens is 2. The molecular weight excluding hydrogens is 438 g/mol. The number of hydrogen-bond acceptors (Lipinski definition) is 4. The number of hydrogen-bond donors (Lipinski definition) is 1. The van der Waals surface area contributed by atoms with E-state index in [-0.39, 0.29) is 17.7 Å². The lowest BCUT2D eigenvalue weighted by atomic mass is 10.2. The van der Waals surface area contributed by atoms with Crippen LogP contribution in [0.2, 0.25) is 5.02 Å². The van der Waals surface area contributed by atoms with E-state index in [1.807, 2.05) is 59.5 Å². The molecule has 1 N–H and O–H groups in total. The Morgan fingerprint density at radius 3 is 2.33 bits per heavy atom. The van der Waals surface area contributed by atoms with Crippen LogP contribution in [0.3, 0.4) is 0 Å². The standard InChI is InChI=1S/C25H26ClN5O2/c26-20-10-6-18(7-11-20)17-29-12-14-30(15-13-29)25(33)22-16-23(27-24(32)19-8-9-19)31(28-22)21-4-2-1-3-5-21/h1-7,10-11,16,19H,8-9,12-15,17H2,(H,27,32). The van der Waals surface area contributed by atoms with Crippen LogP contribution in [0.5, 0.6) is 0 Å². The lowest BCUT2D eigenvalue weighted by Crippen LogP contribution is -2.48. The van der Waals surface area contributed by atoms with Crippen LogP contribution in [0.1, 0.15) is 28.9 Å². The molecule has 170 valence electrons. The van der Waals surface area contributed by atoms with Crippen molar-refractivity contribution < 1.29 is 9.59 Å². The smallest absolute Gasteiger partial charge is 0.274 e. The Morgan fingerprint density at radius 2 is 1.67 bits per heavy atom. The van der Waals surface area contributed by atoms with Gasteiger partial charge in [0, 0.05) is 49.7 Å². The van der Waals surface area contributed by atoms with Crippen molar-refractivity contribution in [2.24, 2.45) is 5.92 Å². The number of amides is 2. The summed E-state index contributed by atoms with van der Waals surface area (Å²) in [5.41, 5.74) is 2.35. The van der Waals surface area contributed by atoms with Gasteiger partial charge in [0.15, 0.2) is 5.69 Å². The first-order valence-electron chi connectivity index (χ1n) is 11.3. The molecule has 33 heavy (non-hydrogen) atoms. The van der Waals surface area contributed by atoms with E-state index >= 15 is 0 Å². The Morgan fingerprint density at radius 1 is 0.970 bits per heavy atom. The van der Waals surface area contributed by atoms with Crippen LogP contribution in [0.25, 0.3) is 5.69 Å². The maximum Gasteiger partial charge on any atom is 0.274 e. The summed E-state index contributed by atoms with van der Waals surface area (Å²) >= 11 is 5.98. The first-order chi connectivity index (χ1) is 16.1. The third-order valence-corrected chi connectivity index (χ3v) is 6.36. The normalized spacial score (nSPS) is 16.6. The van der Waals surface area contributed by atoms with Crippen molar-refractivity contribution in [3.05, 3.63) is 76.9 Å². The van der Waals surface area contributed by atoms with Crippen molar-refractivity contribution in [2.45, 2.75) is 19.4 Å². The van der Waals surface area contributed by atoms with Crippen LogP contribution in [-0.2, 0) is 11.3 Å². The van der Waals surface area contributed by atoms with Gasteiger partial charge < -0.3 is 10.2 Å².